The molecule has 2 aliphatic rings. The van der Waals surface area contributed by atoms with Crippen molar-refractivity contribution < 1.29 is 0 Å². The molecule has 2 saturated heterocycles. The van der Waals surface area contributed by atoms with Gasteiger partial charge in [-0.15, -0.1) is 0 Å². The van der Waals surface area contributed by atoms with E-state index in [0.29, 0.717) is 0 Å². The highest BCUT2D eigenvalue weighted by atomic mass is 15.1. The summed E-state index contributed by atoms with van der Waals surface area (Å²) in [6.45, 7) is 7.23. The molecule has 0 radical (unpaired) electrons. The van der Waals surface area contributed by atoms with Crippen molar-refractivity contribution in [2.45, 2.75) is 39.0 Å². The van der Waals surface area contributed by atoms with Crippen LogP contribution in [0, 0.1) is 11.8 Å². The van der Waals surface area contributed by atoms with Crippen molar-refractivity contribution in [3.63, 3.8) is 0 Å². The molecule has 0 saturated carbocycles. The van der Waals surface area contributed by atoms with Crippen molar-refractivity contribution in [2.75, 3.05) is 31.1 Å². The van der Waals surface area contributed by atoms with E-state index in [1.54, 1.807) is 0 Å². The second-order valence-corrected chi connectivity index (χ2v) is 6.58. The Morgan fingerprint density at radius 1 is 1.15 bits per heavy atom. The minimum Gasteiger partial charge on any atom is -0.371 e. The highest BCUT2D eigenvalue weighted by Crippen LogP contribution is 2.27. The zero-order chi connectivity index (χ0) is 13.8. The van der Waals surface area contributed by atoms with Gasteiger partial charge in [0, 0.05) is 18.8 Å². The van der Waals surface area contributed by atoms with Crippen LogP contribution >= 0.6 is 0 Å². The summed E-state index contributed by atoms with van der Waals surface area (Å²) >= 11 is 0. The predicted molar refractivity (Wildman–Crippen MR) is 86.4 cm³/mol. The Labute approximate surface area is 123 Å². The SMILES string of the molecule is CCC1CCN(c2cccc(CC3CCNCC3)c2)C1. The first kappa shape index (κ1) is 13.9. The Bertz CT molecular complexity index is 423. The molecule has 2 heterocycles. The summed E-state index contributed by atoms with van der Waals surface area (Å²) in [7, 11) is 0. The summed E-state index contributed by atoms with van der Waals surface area (Å²) in [6.07, 6.45) is 6.64. The van der Waals surface area contributed by atoms with Gasteiger partial charge in [-0.2, -0.15) is 0 Å². The molecular formula is C18H28N2. The van der Waals surface area contributed by atoms with Gasteiger partial charge >= 0.3 is 0 Å². The van der Waals surface area contributed by atoms with Crippen LogP contribution in [0.4, 0.5) is 5.69 Å². The Morgan fingerprint density at radius 2 is 2.00 bits per heavy atom. The summed E-state index contributed by atoms with van der Waals surface area (Å²) in [5.74, 6) is 1.79. The molecule has 0 bridgehead atoms. The van der Waals surface area contributed by atoms with E-state index < -0.39 is 0 Å². The molecule has 1 aromatic carbocycles. The molecule has 1 N–H and O–H groups in total. The van der Waals surface area contributed by atoms with Crippen molar-refractivity contribution in [3.8, 4) is 0 Å². The minimum absolute atomic E-state index is 0.883. The van der Waals surface area contributed by atoms with Gasteiger partial charge in [-0.3, -0.25) is 0 Å². The summed E-state index contributed by atoms with van der Waals surface area (Å²) < 4.78 is 0. The van der Waals surface area contributed by atoms with Crippen LogP contribution in [-0.2, 0) is 6.42 Å². The molecule has 2 heteroatoms. The third kappa shape index (κ3) is 3.35. The molecule has 0 aromatic heterocycles. The van der Waals surface area contributed by atoms with Gasteiger partial charge in [0.1, 0.15) is 0 Å². The van der Waals surface area contributed by atoms with E-state index in [4.69, 9.17) is 0 Å². The molecule has 20 heavy (non-hydrogen) atoms. The van der Waals surface area contributed by atoms with E-state index >= 15 is 0 Å². The average molecular weight is 272 g/mol. The standard InChI is InChI=1S/C18H28N2/c1-2-15-8-11-20(14-15)18-5-3-4-17(13-18)12-16-6-9-19-10-7-16/h3-5,13,15-16,19H,2,6-12,14H2,1H3. The van der Waals surface area contributed by atoms with Gasteiger partial charge in [-0.05, 0) is 68.3 Å². The Kier molecular flexibility index (Phi) is 4.62. The Balaban J connectivity index is 1.63. The molecule has 0 amide bonds. The molecular weight excluding hydrogens is 244 g/mol. The van der Waals surface area contributed by atoms with Gasteiger partial charge in [0.2, 0.25) is 0 Å². The van der Waals surface area contributed by atoms with Crippen molar-refractivity contribution in [3.05, 3.63) is 29.8 Å². The van der Waals surface area contributed by atoms with Gasteiger partial charge in [0.15, 0.2) is 0 Å². The van der Waals surface area contributed by atoms with Crippen LogP contribution in [0.15, 0.2) is 24.3 Å². The van der Waals surface area contributed by atoms with Crippen LogP contribution in [0.3, 0.4) is 0 Å². The molecule has 1 unspecified atom stereocenters. The number of nitrogens with zero attached hydrogens (tertiary/aromatic N) is 1. The molecule has 0 spiro atoms. The van der Waals surface area contributed by atoms with Crippen LogP contribution < -0.4 is 10.2 Å². The van der Waals surface area contributed by atoms with Crippen molar-refractivity contribution in [1.29, 1.82) is 0 Å². The fourth-order valence-corrected chi connectivity index (χ4v) is 3.70. The molecule has 0 aliphatic carbocycles. The first-order valence-corrected chi connectivity index (χ1v) is 8.39. The van der Waals surface area contributed by atoms with Crippen LogP contribution in [-0.4, -0.2) is 26.2 Å². The van der Waals surface area contributed by atoms with E-state index in [1.807, 2.05) is 0 Å². The van der Waals surface area contributed by atoms with E-state index in [0.717, 1.165) is 11.8 Å². The molecule has 110 valence electrons. The van der Waals surface area contributed by atoms with Crippen LogP contribution in [0.25, 0.3) is 0 Å². The zero-order valence-corrected chi connectivity index (χ0v) is 12.8. The highest BCUT2D eigenvalue weighted by Gasteiger charge is 2.21. The predicted octanol–water partition coefficient (Wildman–Crippen LogP) is 3.47. The molecule has 3 rings (SSSR count). The maximum absolute atomic E-state index is 3.46. The lowest BCUT2D eigenvalue weighted by Gasteiger charge is -2.24. The third-order valence-electron chi connectivity index (χ3n) is 5.12. The molecule has 2 aliphatic heterocycles. The summed E-state index contributed by atoms with van der Waals surface area (Å²) in [5.41, 5.74) is 2.99. The van der Waals surface area contributed by atoms with Gasteiger partial charge in [0.25, 0.3) is 0 Å². The van der Waals surface area contributed by atoms with Crippen LogP contribution in [0.2, 0.25) is 0 Å². The maximum atomic E-state index is 3.46. The van der Waals surface area contributed by atoms with Crippen molar-refractivity contribution in [1.82, 2.24) is 5.32 Å². The van der Waals surface area contributed by atoms with Crippen LogP contribution in [0.5, 0.6) is 0 Å². The molecule has 2 nitrogen and oxygen atoms in total. The van der Waals surface area contributed by atoms with Crippen LogP contribution in [0.1, 0.15) is 38.2 Å². The lowest BCUT2D eigenvalue weighted by atomic mass is 9.91. The van der Waals surface area contributed by atoms with Crippen molar-refractivity contribution >= 4 is 5.69 Å². The first-order chi connectivity index (χ1) is 9.85. The minimum atomic E-state index is 0.883. The van der Waals surface area contributed by atoms with Gasteiger partial charge in [-0.25, -0.2) is 0 Å². The van der Waals surface area contributed by atoms with E-state index in [9.17, 15) is 0 Å². The molecule has 1 aromatic rings. The maximum Gasteiger partial charge on any atom is 0.0369 e. The largest absolute Gasteiger partial charge is 0.371 e. The molecule has 1 atom stereocenters. The number of piperidine rings is 1. The van der Waals surface area contributed by atoms with Gasteiger partial charge in [0.05, 0.1) is 0 Å². The summed E-state index contributed by atoms with van der Waals surface area (Å²) in [6, 6.07) is 9.31. The second kappa shape index (κ2) is 6.62. The van der Waals surface area contributed by atoms with Crippen molar-refractivity contribution in [2.24, 2.45) is 11.8 Å². The Morgan fingerprint density at radius 3 is 2.75 bits per heavy atom. The quantitative estimate of drug-likeness (QED) is 0.903. The lowest BCUT2D eigenvalue weighted by molar-refractivity contribution is 0.372. The summed E-state index contributed by atoms with van der Waals surface area (Å²) in [4.78, 5) is 2.58. The number of nitrogens with one attached hydrogen (secondary N) is 1. The average Bonchev–Trinajstić information content (AvgIpc) is 2.98. The van der Waals surface area contributed by atoms with E-state index in [-0.39, 0.29) is 0 Å². The first-order valence-electron chi connectivity index (χ1n) is 8.39. The topological polar surface area (TPSA) is 15.3 Å². The molecule has 2 fully saturated rings. The summed E-state index contributed by atoms with van der Waals surface area (Å²) in [5, 5.41) is 3.46. The lowest BCUT2D eigenvalue weighted by Crippen LogP contribution is -2.28. The number of rotatable bonds is 4. The number of benzene rings is 1. The van der Waals surface area contributed by atoms with Gasteiger partial charge in [-0.1, -0.05) is 25.5 Å². The second-order valence-electron chi connectivity index (χ2n) is 6.58. The fourth-order valence-electron chi connectivity index (χ4n) is 3.70. The monoisotopic (exact) mass is 272 g/mol. The smallest absolute Gasteiger partial charge is 0.0369 e. The van der Waals surface area contributed by atoms with Gasteiger partial charge < -0.3 is 10.2 Å². The number of hydrogen-bond donors (Lipinski definition) is 1. The zero-order valence-electron chi connectivity index (χ0n) is 12.8. The van der Waals surface area contributed by atoms with E-state index in [1.165, 1.54) is 69.5 Å². The number of anilines is 1. The van der Waals surface area contributed by atoms with E-state index in [2.05, 4.69) is 41.4 Å². The normalized spacial score (nSPS) is 24.2. The number of hydrogen-bond acceptors (Lipinski definition) is 2. The Hall–Kier alpha value is -1.02. The fraction of sp³-hybridized carbons (Fsp3) is 0.667. The highest BCUT2D eigenvalue weighted by molar-refractivity contribution is 5.49. The third-order valence-corrected chi connectivity index (χ3v) is 5.12.